The van der Waals surface area contributed by atoms with E-state index in [1.165, 1.54) is 7.11 Å². The van der Waals surface area contributed by atoms with Gasteiger partial charge >= 0.3 is 0 Å². The minimum atomic E-state index is -0.488. The van der Waals surface area contributed by atoms with Gasteiger partial charge in [-0.25, -0.2) is 4.68 Å². The Morgan fingerprint density at radius 2 is 2.26 bits per heavy atom. The van der Waals surface area contributed by atoms with E-state index in [0.29, 0.717) is 29.8 Å². The molecule has 2 N–H and O–H groups in total. The van der Waals surface area contributed by atoms with Crippen molar-refractivity contribution in [2.24, 2.45) is 5.92 Å². The van der Waals surface area contributed by atoms with Gasteiger partial charge in [-0.15, -0.1) is 0 Å². The van der Waals surface area contributed by atoms with Crippen molar-refractivity contribution in [2.75, 3.05) is 17.7 Å². The molecule has 0 saturated heterocycles. The third-order valence-electron chi connectivity index (χ3n) is 3.59. The van der Waals surface area contributed by atoms with E-state index in [-0.39, 0.29) is 18.2 Å². The van der Waals surface area contributed by atoms with Gasteiger partial charge in [0.1, 0.15) is 11.6 Å². The number of nitrogens with zero attached hydrogens (tertiary/aromatic N) is 3. The zero-order valence-corrected chi connectivity index (χ0v) is 12.9. The van der Waals surface area contributed by atoms with E-state index in [2.05, 4.69) is 20.7 Å². The van der Waals surface area contributed by atoms with Crippen LogP contribution in [-0.4, -0.2) is 33.7 Å². The van der Waals surface area contributed by atoms with Crippen LogP contribution in [0.3, 0.4) is 0 Å². The Morgan fingerprint density at radius 1 is 1.48 bits per heavy atom. The minimum absolute atomic E-state index is 0.0578. The van der Waals surface area contributed by atoms with Crippen LogP contribution in [0, 0.1) is 12.8 Å². The molecule has 2 heterocycles. The van der Waals surface area contributed by atoms with Gasteiger partial charge in [0, 0.05) is 6.42 Å². The summed E-state index contributed by atoms with van der Waals surface area (Å²) < 4.78 is 6.80. The van der Waals surface area contributed by atoms with E-state index in [9.17, 15) is 9.59 Å². The largest absolute Gasteiger partial charge is 0.495 e. The molecular formula is C15H17N5O3. The van der Waals surface area contributed by atoms with E-state index in [1.54, 1.807) is 29.8 Å². The van der Waals surface area contributed by atoms with Crippen LogP contribution >= 0.6 is 0 Å². The molecule has 1 aromatic heterocycles. The third-order valence-corrected chi connectivity index (χ3v) is 3.59. The molecule has 0 unspecified atom stereocenters. The van der Waals surface area contributed by atoms with Crippen molar-refractivity contribution in [1.82, 2.24) is 14.8 Å². The summed E-state index contributed by atoms with van der Waals surface area (Å²) in [5.74, 6) is 0.616. The van der Waals surface area contributed by atoms with Gasteiger partial charge in [0.25, 0.3) is 0 Å². The van der Waals surface area contributed by atoms with Gasteiger partial charge in [-0.1, -0.05) is 12.1 Å². The van der Waals surface area contributed by atoms with E-state index in [1.807, 2.05) is 6.07 Å². The van der Waals surface area contributed by atoms with Gasteiger partial charge < -0.3 is 10.1 Å². The number of aryl methyl sites for hydroxylation is 1. The molecule has 3 rings (SSSR count). The number of anilines is 2. The smallest absolute Gasteiger partial charge is 0.232 e. The maximum Gasteiger partial charge on any atom is 0.232 e. The number of nitrogens with one attached hydrogen (secondary N) is 2. The molecule has 8 nitrogen and oxygen atoms in total. The molecule has 0 radical (unpaired) electrons. The van der Waals surface area contributed by atoms with Crippen LogP contribution in [0.2, 0.25) is 0 Å². The van der Waals surface area contributed by atoms with E-state index in [4.69, 9.17) is 4.74 Å². The summed E-state index contributed by atoms with van der Waals surface area (Å²) in [7, 11) is 1.54. The molecule has 0 aliphatic carbocycles. The van der Waals surface area contributed by atoms with Crippen molar-refractivity contribution >= 4 is 23.5 Å². The number of methoxy groups -OCH3 is 1. The summed E-state index contributed by atoms with van der Waals surface area (Å²) in [6.45, 7) is 2.09. The standard InChI is InChI=1S/C15H17N5O3/c1-9-16-15-18-14(22)10(8-20(15)19-9)7-13(21)17-11-5-3-4-6-12(11)23-2/h3-6,10H,7-8H2,1-2H3,(H,17,21)(H,16,18,19,22)/t10-/m1/s1. The second-order valence-corrected chi connectivity index (χ2v) is 5.30. The Bertz CT molecular complexity index is 755. The highest BCUT2D eigenvalue weighted by Gasteiger charge is 2.30. The number of benzene rings is 1. The third kappa shape index (κ3) is 3.15. The first-order chi connectivity index (χ1) is 11.1. The molecule has 1 aliphatic rings. The lowest BCUT2D eigenvalue weighted by Gasteiger charge is -2.21. The quantitative estimate of drug-likeness (QED) is 0.883. The maximum atomic E-state index is 12.2. The number of carbonyl (C=O) groups excluding carboxylic acids is 2. The van der Waals surface area contributed by atoms with Crippen LogP contribution in [0.5, 0.6) is 5.75 Å². The van der Waals surface area contributed by atoms with Crippen molar-refractivity contribution in [2.45, 2.75) is 19.9 Å². The highest BCUT2D eigenvalue weighted by atomic mass is 16.5. The fourth-order valence-corrected chi connectivity index (χ4v) is 2.51. The number of aromatic nitrogens is 3. The number of rotatable bonds is 4. The van der Waals surface area contributed by atoms with Crippen molar-refractivity contribution in [3.63, 3.8) is 0 Å². The molecule has 2 amide bonds. The Hall–Kier alpha value is -2.90. The van der Waals surface area contributed by atoms with Gasteiger partial charge in [0.15, 0.2) is 0 Å². The first-order valence-corrected chi connectivity index (χ1v) is 7.22. The van der Waals surface area contributed by atoms with Crippen LogP contribution in [-0.2, 0) is 16.1 Å². The molecule has 1 aliphatic heterocycles. The van der Waals surface area contributed by atoms with Crippen LogP contribution in [0.15, 0.2) is 24.3 Å². The lowest BCUT2D eigenvalue weighted by atomic mass is 10.0. The normalized spacial score (nSPS) is 16.4. The molecular weight excluding hydrogens is 298 g/mol. The van der Waals surface area contributed by atoms with Crippen LogP contribution in [0.1, 0.15) is 12.2 Å². The maximum absolute atomic E-state index is 12.2. The van der Waals surface area contributed by atoms with Crippen molar-refractivity contribution in [1.29, 1.82) is 0 Å². The fourth-order valence-electron chi connectivity index (χ4n) is 2.51. The number of para-hydroxylation sites is 2. The first-order valence-electron chi connectivity index (χ1n) is 7.22. The molecule has 8 heteroatoms. The van der Waals surface area contributed by atoms with Crippen molar-refractivity contribution in [3.05, 3.63) is 30.1 Å². The molecule has 120 valence electrons. The van der Waals surface area contributed by atoms with Gasteiger partial charge in [0.2, 0.25) is 17.8 Å². The first kappa shape index (κ1) is 15.0. The summed E-state index contributed by atoms with van der Waals surface area (Å²) in [6.07, 6.45) is 0.0578. The summed E-state index contributed by atoms with van der Waals surface area (Å²) in [6, 6.07) is 7.12. The fraction of sp³-hybridized carbons (Fsp3) is 0.333. The zero-order chi connectivity index (χ0) is 16.4. The van der Waals surface area contributed by atoms with E-state index >= 15 is 0 Å². The Balaban J connectivity index is 1.67. The molecule has 0 saturated carbocycles. The highest BCUT2D eigenvalue weighted by Crippen LogP contribution is 2.24. The molecule has 0 spiro atoms. The van der Waals surface area contributed by atoms with Crippen LogP contribution in [0.25, 0.3) is 0 Å². The van der Waals surface area contributed by atoms with Gasteiger partial charge in [0.05, 0.1) is 25.3 Å². The Kier molecular flexibility index (Phi) is 3.96. The SMILES string of the molecule is COc1ccccc1NC(=O)C[C@@H]1Cn2nc(C)nc2NC1=O. The average molecular weight is 315 g/mol. The predicted molar refractivity (Wildman–Crippen MR) is 83.1 cm³/mol. The lowest BCUT2D eigenvalue weighted by molar-refractivity contribution is -0.126. The highest BCUT2D eigenvalue weighted by molar-refractivity contribution is 5.98. The van der Waals surface area contributed by atoms with Crippen molar-refractivity contribution in [3.8, 4) is 5.75 Å². The molecule has 1 aromatic carbocycles. The monoisotopic (exact) mass is 315 g/mol. The van der Waals surface area contributed by atoms with Crippen molar-refractivity contribution < 1.29 is 14.3 Å². The van der Waals surface area contributed by atoms with Crippen LogP contribution < -0.4 is 15.4 Å². The summed E-state index contributed by atoms with van der Waals surface area (Å²) >= 11 is 0. The molecule has 0 bridgehead atoms. The number of hydrogen-bond donors (Lipinski definition) is 2. The number of amides is 2. The lowest BCUT2D eigenvalue weighted by Crippen LogP contribution is -2.36. The van der Waals surface area contributed by atoms with Gasteiger partial charge in [-0.2, -0.15) is 10.1 Å². The van der Waals surface area contributed by atoms with Crippen LogP contribution in [0.4, 0.5) is 11.6 Å². The molecule has 1 atom stereocenters. The van der Waals surface area contributed by atoms with E-state index < -0.39 is 5.92 Å². The molecule has 23 heavy (non-hydrogen) atoms. The summed E-state index contributed by atoms with van der Waals surface area (Å²) in [5.41, 5.74) is 0.577. The van der Waals surface area contributed by atoms with E-state index in [0.717, 1.165) is 0 Å². The summed E-state index contributed by atoms with van der Waals surface area (Å²) in [5, 5.41) is 9.63. The second kappa shape index (κ2) is 6.07. The number of fused-ring (bicyclic) bond motifs is 1. The zero-order valence-electron chi connectivity index (χ0n) is 12.9. The molecule has 2 aromatic rings. The topological polar surface area (TPSA) is 98.1 Å². The minimum Gasteiger partial charge on any atom is -0.495 e. The number of ether oxygens (including phenoxy) is 1. The number of carbonyl (C=O) groups is 2. The average Bonchev–Trinajstić information content (AvgIpc) is 2.87. The number of hydrogen-bond acceptors (Lipinski definition) is 5. The Labute approximate surface area is 132 Å². The van der Waals surface area contributed by atoms with Gasteiger partial charge in [-0.05, 0) is 19.1 Å². The molecule has 0 fully saturated rings. The summed E-state index contributed by atoms with van der Waals surface area (Å²) in [4.78, 5) is 28.4. The predicted octanol–water partition coefficient (Wildman–Crippen LogP) is 1.19. The van der Waals surface area contributed by atoms with Gasteiger partial charge in [-0.3, -0.25) is 14.9 Å². The Morgan fingerprint density at radius 3 is 3.04 bits per heavy atom. The second-order valence-electron chi connectivity index (χ2n) is 5.30.